The third-order valence-electron chi connectivity index (χ3n) is 6.25. The van der Waals surface area contributed by atoms with Gasteiger partial charge in [0.15, 0.2) is 0 Å². The van der Waals surface area contributed by atoms with Crippen LogP contribution >= 0.6 is 11.3 Å². The minimum Gasteiger partial charge on any atom is -0.371 e. The maximum atomic E-state index is 12.9. The van der Waals surface area contributed by atoms with Gasteiger partial charge in [0, 0.05) is 42.1 Å². The van der Waals surface area contributed by atoms with Gasteiger partial charge in [0.05, 0.1) is 10.4 Å². The fourth-order valence-electron chi connectivity index (χ4n) is 4.62. The number of piperidine rings is 3. The van der Waals surface area contributed by atoms with E-state index in [1.165, 1.54) is 31.6 Å². The van der Waals surface area contributed by atoms with E-state index in [0.29, 0.717) is 17.7 Å². The Morgan fingerprint density at radius 2 is 2.08 bits per heavy atom. The van der Waals surface area contributed by atoms with Crippen LogP contribution < -0.4 is 10.2 Å². The van der Waals surface area contributed by atoms with Crippen molar-refractivity contribution >= 4 is 33.0 Å². The lowest BCUT2D eigenvalue weighted by atomic mass is 9.79. The predicted octanol–water partition coefficient (Wildman–Crippen LogP) is 3.36. The molecule has 2 unspecified atom stereocenters. The molecule has 5 rings (SSSR count). The highest BCUT2D eigenvalue weighted by Crippen LogP contribution is 2.34. The summed E-state index contributed by atoms with van der Waals surface area (Å²) < 4.78 is 1.14. The molecule has 1 N–H and O–H groups in total. The molecule has 0 spiro atoms. The summed E-state index contributed by atoms with van der Waals surface area (Å²) in [5.74, 6) is 0.573. The number of nitrogens with one attached hydrogen (secondary N) is 1. The van der Waals surface area contributed by atoms with E-state index in [9.17, 15) is 4.79 Å². The van der Waals surface area contributed by atoms with Crippen molar-refractivity contribution in [3.8, 4) is 0 Å². The van der Waals surface area contributed by atoms with Crippen molar-refractivity contribution in [2.45, 2.75) is 45.7 Å². The Bertz CT molecular complexity index is 790. The second-order valence-electron chi connectivity index (χ2n) is 7.47. The number of thiophene rings is 1. The first-order chi connectivity index (χ1) is 12.6. The van der Waals surface area contributed by atoms with Gasteiger partial charge in [-0.3, -0.25) is 9.69 Å². The molecule has 0 aliphatic carbocycles. The quantitative estimate of drug-likeness (QED) is 0.874. The first kappa shape index (κ1) is 17.7. The summed E-state index contributed by atoms with van der Waals surface area (Å²) in [4.78, 5) is 22.2. The van der Waals surface area contributed by atoms with Crippen LogP contribution in [0.15, 0.2) is 17.6 Å². The molecule has 3 fully saturated rings. The highest BCUT2D eigenvalue weighted by molar-refractivity contribution is 7.17. The second kappa shape index (κ2) is 7.16. The average Bonchev–Trinajstić information content (AvgIpc) is 3.09. The van der Waals surface area contributed by atoms with Crippen LogP contribution in [0.5, 0.6) is 0 Å². The molecule has 3 aliphatic rings. The lowest BCUT2D eigenvalue weighted by molar-refractivity contribution is 0.0216. The lowest BCUT2D eigenvalue weighted by Gasteiger charge is -2.49. The van der Waals surface area contributed by atoms with Gasteiger partial charge in [-0.25, -0.2) is 4.98 Å². The van der Waals surface area contributed by atoms with E-state index in [1.54, 1.807) is 11.3 Å². The minimum atomic E-state index is -0.0332. The third-order valence-corrected chi connectivity index (χ3v) is 7.17. The molecule has 140 valence electrons. The van der Waals surface area contributed by atoms with E-state index < -0.39 is 0 Å². The van der Waals surface area contributed by atoms with Gasteiger partial charge in [-0.15, -0.1) is 11.3 Å². The highest BCUT2D eigenvalue weighted by Gasteiger charge is 2.40. The fraction of sp³-hybridized carbons (Fsp3) is 0.600. The first-order valence-electron chi connectivity index (χ1n) is 9.79. The molecule has 3 aliphatic heterocycles. The minimum absolute atomic E-state index is 0.0332. The molecule has 5 nitrogen and oxygen atoms in total. The van der Waals surface area contributed by atoms with Crippen LogP contribution in [0.25, 0.3) is 10.1 Å². The summed E-state index contributed by atoms with van der Waals surface area (Å²) in [5, 5.41) is 6.61. The zero-order valence-corrected chi connectivity index (χ0v) is 16.7. The van der Waals surface area contributed by atoms with E-state index in [0.717, 1.165) is 23.2 Å². The Labute approximate surface area is 159 Å². The molecular formula is C20H28N4OS. The van der Waals surface area contributed by atoms with Crippen molar-refractivity contribution in [3.63, 3.8) is 0 Å². The van der Waals surface area contributed by atoms with Crippen LogP contribution in [0.4, 0.5) is 5.69 Å². The highest BCUT2D eigenvalue weighted by atomic mass is 32.1. The summed E-state index contributed by atoms with van der Waals surface area (Å²) >= 11 is 1.70. The van der Waals surface area contributed by atoms with Crippen LogP contribution in [-0.4, -0.2) is 54.1 Å². The Kier molecular flexibility index (Phi) is 4.88. The van der Waals surface area contributed by atoms with Crippen molar-refractivity contribution in [1.29, 1.82) is 0 Å². The van der Waals surface area contributed by atoms with Gasteiger partial charge >= 0.3 is 0 Å². The summed E-state index contributed by atoms with van der Waals surface area (Å²) in [5.41, 5.74) is 1.75. The van der Waals surface area contributed by atoms with E-state index >= 15 is 0 Å². The molecule has 2 atom stereocenters. The number of nitrogens with zero attached hydrogens (tertiary/aromatic N) is 3. The Morgan fingerprint density at radius 1 is 1.35 bits per heavy atom. The van der Waals surface area contributed by atoms with Crippen molar-refractivity contribution in [2.24, 2.45) is 5.92 Å². The molecule has 6 heteroatoms. The Hall–Kier alpha value is -1.66. The molecule has 2 bridgehead atoms. The van der Waals surface area contributed by atoms with Crippen LogP contribution in [0.2, 0.25) is 0 Å². The topological polar surface area (TPSA) is 48.5 Å². The van der Waals surface area contributed by atoms with Crippen molar-refractivity contribution in [2.75, 3.05) is 31.1 Å². The van der Waals surface area contributed by atoms with Gasteiger partial charge < -0.3 is 10.2 Å². The molecule has 1 amide bonds. The van der Waals surface area contributed by atoms with E-state index in [2.05, 4.69) is 46.3 Å². The molecule has 2 aromatic heterocycles. The predicted molar refractivity (Wildman–Crippen MR) is 108 cm³/mol. The van der Waals surface area contributed by atoms with Crippen LogP contribution in [0.1, 0.15) is 44.1 Å². The zero-order valence-electron chi connectivity index (χ0n) is 15.9. The fourth-order valence-corrected chi connectivity index (χ4v) is 5.54. The maximum Gasteiger partial charge on any atom is 0.270 e. The number of hydrogen-bond acceptors (Lipinski definition) is 5. The number of hydrogen-bond donors (Lipinski definition) is 1. The molecular weight excluding hydrogens is 344 g/mol. The molecule has 0 radical (unpaired) electrons. The Morgan fingerprint density at radius 3 is 2.73 bits per heavy atom. The molecule has 0 saturated carbocycles. The van der Waals surface area contributed by atoms with Gasteiger partial charge in [-0.05, 0) is 58.7 Å². The van der Waals surface area contributed by atoms with Crippen LogP contribution in [-0.2, 0) is 0 Å². The maximum absolute atomic E-state index is 12.9. The summed E-state index contributed by atoms with van der Waals surface area (Å²) in [6.07, 6.45) is 4.23. The largest absolute Gasteiger partial charge is 0.371 e. The normalized spacial score (nSPS) is 27.7. The number of amides is 1. The number of fused-ring (bicyclic) bond motifs is 4. The summed E-state index contributed by atoms with van der Waals surface area (Å²) in [6, 6.07) is 2.63. The van der Waals surface area contributed by atoms with Crippen LogP contribution in [0.3, 0.4) is 0 Å². The van der Waals surface area contributed by atoms with Gasteiger partial charge in [0.25, 0.3) is 5.91 Å². The molecule has 0 aromatic carbocycles. The van der Waals surface area contributed by atoms with Crippen molar-refractivity contribution in [1.82, 2.24) is 15.2 Å². The molecule has 5 heterocycles. The van der Waals surface area contributed by atoms with Gasteiger partial charge in [0.1, 0.15) is 5.69 Å². The summed E-state index contributed by atoms with van der Waals surface area (Å²) in [7, 11) is 0. The van der Waals surface area contributed by atoms with E-state index in [-0.39, 0.29) is 11.9 Å². The average molecular weight is 373 g/mol. The van der Waals surface area contributed by atoms with Crippen molar-refractivity contribution < 1.29 is 4.79 Å². The number of anilines is 1. The first-order valence-corrected chi connectivity index (χ1v) is 10.7. The third kappa shape index (κ3) is 2.99. The smallest absolute Gasteiger partial charge is 0.270 e. The van der Waals surface area contributed by atoms with Crippen molar-refractivity contribution in [3.05, 3.63) is 23.3 Å². The molecule has 3 saturated heterocycles. The SMILES string of the molecule is CCN(CC)c1csc2cnc(C(=O)NC3C4CCN(CC4)C3C)cc12. The Balaban J connectivity index is 1.58. The van der Waals surface area contributed by atoms with Gasteiger partial charge in [-0.1, -0.05) is 0 Å². The standard InChI is InChI=1S/C20H28N4OS/c1-4-23(5-2)17-12-26-18-11-21-16(10-15(17)18)20(25)22-19-13(3)24-8-6-14(19)7-9-24/h10-14,19H,4-9H2,1-3H3,(H,22,25). The number of carbonyl (C=O) groups is 1. The zero-order chi connectivity index (χ0) is 18.3. The molecule has 26 heavy (non-hydrogen) atoms. The second-order valence-corrected chi connectivity index (χ2v) is 8.38. The number of pyridine rings is 1. The number of carbonyl (C=O) groups excluding carboxylic acids is 1. The number of aromatic nitrogens is 1. The number of rotatable bonds is 5. The lowest BCUT2D eigenvalue weighted by Crippen LogP contribution is -2.62. The van der Waals surface area contributed by atoms with Gasteiger partial charge in [-0.2, -0.15) is 0 Å². The summed E-state index contributed by atoms with van der Waals surface area (Å²) in [6.45, 7) is 10.8. The van der Waals surface area contributed by atoms with E-state index in [4.69, 9.17) is 0 Å². The molecule has 2 aromatic rings. The van der Waals surface area contributed by atoms with E-state index in [1.807, 2.05) is 12.3 Å². The van der Waals surface area contributed by atoms with Crippen LogP contribution in [0, 0.1) is 5.92 Å². The van der Waals surface area contributed by atoms with Gasteiger partial charge in [0.2, 0.25) is 0 Å². The monoisotopic (exact) mass is 372 g/mol.